The van der Waals surface area contributed by atoms with Crippen molar-refractivity contribution in [2.45, 2.75) is 11.8 Å². The molecule has 1 fully saturated rings. The summed E-state index contributed by atoms with van der Waals surface area (Å²) in [6.07, 6.45) is 0. The first-order valence-electron chi connectivity index (χ1n) is 7.10. The summed E-state index contributed by atoms with van der Waals surface area (Å²) in [7, 11) is 0. The number of halogens is 2. The van der Waals surface area contributed by atoms with E-state index in [-0.39, 0.29) is 11.8 Å². The Morgan fingerprint density at radius 3 is 1.23 bits per heavy atom. The van der Waals surface area contributed by atoms with Crippen molar-refractivity contribution in [2.75, 3.05) is 0 Å². The lowest BCUT2D eigenvalue weighted by atomic mass is 9.53. The maximum atomic E-state index is 12.0. The number of carbonyl (C=O) groups excluding carboxylic acids is 2. The van der Waals surface area contributed by atoms with Crippen molar-refractivity contribution in [1.82, 2.24) is 0 Å². The third kappa shape index (κ3) is 2.57. The van der Waals surface area contributed by atoms with E-state index in [9.17, 15) is 9.59 Å². The summed E-state index contributed by atoms with van der Waals surface area (Å²) in [5.41, 5.74) is 1.85. The third-order valence-electron chi connectivity index (χ3n) is 4.44. The van der Waals surface area contributed by atoms with E-state index >= 15 is 0 Å². The van der Waals surface area contributed by atoms with Gasteiger partial charge in [-0.15, -0.1) is 0 Å². The van der Waals surface area contributed by atoms with Crippen molar-refractivity contribution in [3.63, 3.8) is 0 Å². The highest BCUT2D eigenvalue weighted by molar-refractivity contribution is 6.66. The van der Waals surface area contributed by atoms with Gasteiger partial charge >= 0.3 is 0 Å². The SMILES string of the molecule is O=C(Cl)C1C(c2ccccc2)C(C(=O)Cl)C1c1ccccc1. The topological polar surface area (TPSA) is 34.1 Å². The predicted octanol–water partition coefficient (Wildman–Crippen LogP) is 4.33. The van der Waals surface area contributed by atoms with Gasteiger partial charge in [-0.25, -0.2) is 0 Å². The third-order valence-corrected chi connectivity index (χ3v) is 4.94. The average molecular weight is 333 g/mol. The molecular formula is C18H14Cl2O2. The van der Waals surface area contributed by atoms with Crippen LogP contribution in [-0.2, 0) is 9.59 Å². The molecule has 2 nitrogen and oxygen atoms in total. The minimum atomic E-state index is -0.431. The number of carbonyl (C=O) groups is 2. The first-order chi connectivity index (χ1) is 10.6. The standard InChI is InChI=1S/C18H14Cl2O2/c19-17(21)15-13(11-7-3-1-4-8-11)16(18(20)22)14(15)12-9-5-2-6-10-12/h1-10,13-16H. The molecule has 0 heterocycles. The van der Waals surface area contributed by atoms with Crippen LogP contribution >= 0.6 is 23.2 Å². The zero-order chi connectivity index (χ0) is 15.7. The van der Waals surface area contributed by atoms with E-state index in [1.165, 1.54) is 0 Å². The first kappa shape index (κ1) is 15.3. The van der Waals surface area contributed by atoms with Crippen LogP contribution in [0.5, 0.6) is 0 Å². The Morgan fingerprint density at radius 1 is 0.636 bits per heavy atom. The van der Waals surface area contributed by atoms with E-state index < -0.39 is 22.3 Å². The highest BCUT2D eigenvalue weighted by atomic mass is 35.5. The molecule has 1 aliphatic rings. The number of hydrogen-bond acceptors (Lipinski definition) is 2. The largest absolute Gasteiger partial charge is 0.281 e. The molecule has 0 unspecified atom stereocenters. The molecule has 0 spiro atoms. The van der Waals surface area contributed by atoms with E-state index in [1.54, 1.807) is 0 Å². The molecular weight excluding hydrogens is 319 g/mol. The summed E-state index contributed by atoms with van der Waals surface area (Å²) >= 11 is 11.7. The molecule has 3 rings (SSSR count). The monoisotopic (exact) mass is 332 g/mol. The number of benzene rings is 2. The van der Waals surface area contributed by atoms with Gasteiger partial charge in [-0.05, 0) is 34.3 Å². The molecule has 22 heavy (non-hydrogen) atoms. The lowest BCUT2D eigenvalue weighted by Crippen LogP contribution is -2.48. The van der Waals surface area contributed by atoms with Crippen molar-refractivity contribution in [1.29, 1.82) is 0 Å². The highest BCUT2D eigenvalue weighted by Crippen LogP contribution is 2.58. The second kappa shape index (κ2) is 6.23. The lowest BCUT2D eigenvalue weighted by Gasteiger charge is -2.49. The summed E-state index contributed by atoms with van der Waals surface area (Å²) in [6.45, 7) is 0. The maximum Gasteiger partial charge on any atom is 0.225 e. The van der Waals surface area contributed by atoms with Crippen LogP contribution in [-0.4, -0.2) is 10.5 Å². The zero-order valence-electron chi connectivity index (χ0n) is 11.7. The molecule has 0 aromatic heterocycles. The summed E-state index contributed by atoms with van der Waals surface area (Å²) < 4.78 is 0. The van der Waals surface area contributed by atoms with Crippen molar-refractivity contribution >= 4 is 33.7 Å². The van der Waals surface area contributed by atoms with Gasteiger partial charge in [0.05, 0.1) is 0 Å². The van der Waals surface area contributed by atoms with E-state index in [0.29, 0.717) is 0 Å². The molecule has 0 bridgehead atoms. The fourth-order valence-electron chi connectivity index (χ4n) is 3.49. The Morgan fingerprint density at radius 2 is 0.955 bits per heavy atom. The minimum absolute atomic E-state index is 0.263. The second-order valence-electron chi connectivity index (χ2n) is 5.53. The van der Waals surface area contributed by atoms with Gasteiger partial charge in [0.15, 0.2) is 0 Å². The molecule has 2 aromatic rings. The van der Waals surface area contributed by atoms with Gasteiger partial charge in [-0.1, -0.05) is 60.7 Å². The molecule has 0 radical (unpaired) electrons. The van der Waals surface area contributed by atoms with E-state index in [0.717, 1.165) is 11.1 Å². The van der Waals surface area contributed by atoms with Crippen LogP contribution in [0.1, 0.15) is 23.0 Å². The Bertz CT molecular complexity index is 615. The van der Waals surface area contributed by atoms with Gasteiger partial charge in [0.1, 0.15) is 0 Å². The molecule has 0 aliphatic heterocycles. The van der Waals surface area contributed by atoms with Gasteiger partial charge in [0.2, 0.25) is 10.5 Å². The molecule has 2 aromatic carbocycles. The van der Waals surface area contributed by atoms with Gasteiger partial charge in [0.25, 0.3) is 0 Å². The van der Waals surface area contributed by atoms with Gasteiger partial charge in [-0.3, -0.25) is 9.59 Å². The summed E-state index contributed by atoms with van der Waals surface area (Å²) in [6, 6.07) is 19.0. The lowest BCUT2D eigenvalue weighted by molar-refractivity contribution is -0.129. The van der Waals surface area contributed by atoms with Crippen LogP contribution in [0.4, 0.5) is 0 Å². The maximum absolute atomic E-state index is 12.0. The average Bonchev–Trinajstić information content (AvgIpc) is 2.47. The molecule has 4 heteroatoms. The normalized spacial score (nSPS) is 27.0. The van der Waals surface area contributed by atoms with Gasteiger partial charge in [-0.2, -0.15) is 0 Å². The fraction of sp³-hybridized carbons (Fsp3) is 0.222. The molecule has 0 saturated heterocycles. The van der Waals surface area contributed by atoms with E-state index in [4.69, 9.17) is 23.2 Å². The fourth-order valence-corrected chi connectivity index (χ4v) is 4.04. The minimum Gasteiger partial charge on any atom is -0.281 e. The zero-order valence-corrected chi connectivity index (χ0v) is 13.2. The highest BCUT2D eigenvalue weighted by Gasteiger charge is 2.57. The van der Waals surface area contributed by atoms with Crippen LogP contribution in [0.2, 0.25) is 0 Å². The molecule has 0 atom stereocenters. The van der Waals surface area contributed by atoms with Crippen molar-refractivity contribution in [3.05, 3.63) is 71.8 Å². The van der Waals surface area contributed by atoms with Crippen molar-refractivity contribution in [2.24, 2.45) is 11.8 Å². The van der Waals surface area contributed by atoms with Crippen LogP contribution in [0.3, 0.4) is 0 Å². The molecule has 1 saturated carbocycles. The summed E-state index contributed by atoms with van der Waals surface area (Å²) in [4.78, 5) is 23.9. The van der Waals surface area contributed by atoms with E-state index in [1.807, 2.05) is 60.7 Å². The molecule has 0 N–H and O–H groups in total. The van der Waals surface area contributed by atoms with Crippen molar-refractivity contribution in [3.8, 4) is 0 Å². The predicted molar refractivity (Wildman–Crippen MR) is 87.1 cm³/mol. The Labute approximate surface area is 139 Å². The quantitative estimate of drug-likeness (QED) is 0.781. The second-order valence-corrected chi connectivity index (χ2v) is 6.28. The van der Waals surface area contributed by atoms with Crippen molar-refractivity contribution < 1.29 is 9.59 Å². The van der Waals surface area contributed by atoms with Crippen LogP contribution in [0, 0.1) is 11.8 Å². The van der Waals surface area contributed by atoms with Crippen LogP contribution in [0.15, 0.2) is 60.7 Å². The Balaban J connectivity index is 2.04. The van der Waals surface area contributed by atoms with Gasteiger partial charge < -0.3 is 0 Å². The smallest absolute Gasteiger partial charge is 0.225 e. The van der Waals surface area contributed by atoms with E-state index in [2.05, 4.69) is 0 Å². The summed E-state index contributed by atoms with van der Waals surface area (Å²) in [5, 5.41) is -0.839. The molecule has 1 aliphatic carbocycles. The summed E-state index contributed by atoms with van der Waals surface area (Å²) in [5.74, 6) is -1.39. The molecule has 0 amide bonds. The van der Waals surface area contributed by atoms with Gasteiger partial charge in [0, 0.05) is 23.7 Å². The number of rotatable bonds is 4. The number of hydrogen-bond donors (Lipinski definition) is 0. The van der Waals surface area contributed by atoms with Crippen LogP contribution < -0.4 is 0 Å². The Hall–Kier alpha value is -1.64. The van der Waals surface area contributed by atoms with Crippen LogP contribution in [0.25, 0.3) is 0 Å². The molecule has 112 valence electrons. The Kier molecular flexibility index (Phi) is 4.32. The first-order valence-corrected chi connectivity index (χ1v) is 7.85.